The standard InChI is InChI=1S/C19H16N6O2/c26-25(27)18-8-7-17(19-16(18)2-1-9-21-19)22-10-14-3-5-15(6-4-14)11-24-13-20-12-23-24/h1-9,12-13,22H,10-11H2. The number of nitrogens with zero attached hydrogens (tertiary/aromatic N) is 5. The van der Waals surface area contributed by atoms with Crippen LogP contribution in [-0.4, -0.2) is 24.7 Å². The molecule has 2 aromatic heterocycles. The van der Waals surface area contributed by atoms with E-state index in [2.05, 4.69) is 20.4 Å². The van der Waals surface area contributed by atoms with E-state index in [0.717, 1.165) is 16.8 Å². The first-order chi connectivity index (χ1) is 13.2. The van der Waals surface area contributed by atoms with Crippen molar-refractivity contribution in [3.63, 3.8) is 0 Å². The summed E-state index contributed by atoms with van der Waals surface area (Å²) in [6.07, 6.45) is 4.83. The molecule has 0 saturated heterocycles. The second kappa shape index (κ2) is 7.20. The molecular formula is C19H16N6O2. The van der Waals surface area contributed by atoms with E-state index in [-0.39, 0.29) is 10.6 Å². The summed E-state index contributed by atoms with van der Waals surface area (Å²) in [5, 5.41) is 19.1. The highest BCUT2D eigenvalue weighted by Gasteiger charge is 2.14. The summed E-state index contributed by atoms with van der Waals surface area (Å²) < 4.78 is 1.77. The number of fused-ring (bicyclic) bond motifs is 1. The van der Waals surface area contributed by atoms with Crippen LogP contribution in [0.2, 0.25) is 0 Å². The molecule has 4 aromatic rings. The van der Waals surface area contributed by atoms with Gasteiger partial charge in [-0.3, -0.25) is 15.1 Å². The van der Waals surface area contributed by atoms with Crippen molar-refractivity contribution in [2.75, 3.05) is 5.32 Å². The monoisotopic (exact) mass is 360 g/mol. The molecule has 0 saturated carbocycles. The summed E-state index contributed by atoms with van der Waals surface area (Å²) in [6, 6.07) is 14.8. The van der Waals surface area contributed by atoms with Crippen molar-refractivity contribution >= 4 is 22.3 Å². The van der Waals surface area contributed by atoms with E-state index in [4.69, 9.17) is 0 Å². The van der Waals surface area contributed by atoms with Gasteiger partial charge in [0, 0.05) is 18.8 Å². The molecule has 27 heavy (non-hydrogen) atoms. The van der Waals surface area contributed by atoms with Crippen LogP contribution < -0.4 is 5.32 Å². The molecule has 0 fully saturated rings. The number of nitro groups is 1. The van der Waals surface area contributed by atoms with Gasteiger partial charge in [0.25, 0.3) is 5.69 Å². The lowest BCUT2D eigenvalue weighted by Crippen LogP contribution is -2.03. The molecule has 0 radical (unpaired) electrons. The molecule has 0 aliphatic carbocycles. The normalized spacial score (nSPS) is 10.8. The number of non-ortho nitro benzene ring substituents is 1. The highest BCUT2D eigenvalue weighted by molar-refractivity contribution is 5.96. The van der Waals surface area contributed by atoms with Crippen molar-refractivity contribution in [2.24, 2.45) is 0 Å². The first-order valence-corrected chi connectivity index (χ1v) is 8.37. The predicted octanol–water partition coefficient (Wildman–Crippen LogP) is 3.39. The summed E-state index contributed by atoms with van der Waals surface area (Å²) in [5.41, 5.74) is 3.64. The molecule has 134 valence electrons. The van der Waals surface area contributed by atoms with Gasteiger partial charge in [0.15, 0.2) is 0 Å². The molecule has 8 nitrogen and oxygen atoms in total. The van der Waals surface area contributed by atoms with Gasteiger partial charge in [0.05, 0.1) is 22.5 Å². The van der Waals surface area contributed by atoms with Crippen molar-refractivity contribution in [2.45, 2.75) is 13.1 Å². The first-order valence-electron chi connectivity index (χ1n) is 8.37. The van der Waals surface area contributed by atoms with E-state index in [9.17, 15) is 10.1 Å². The zero-order valence-electron chi connectivity index (χ0n) is 14.3. The van der Waals surface area contributed by atoms with Gasteiger partial charge in [-0.2, -0.15) is 5.10 Å². The zero-order valence-corrected chi connectivity index (χ0v) is 14.3. The number of anilines is 1. The quantitative estimate of drug-likeness (QED) is 0.418. The summed E-state index contributed by atoms with van der Waals surface area (Å²) in [4.78, 5) is 19.1. The summed E-state index contributed by atoms with van der Waals surface area (Å²) in [6.45, 7) is 1.26. The maximum Gasteiger partial charge on any atom is 0.278 e. The third-order valence-corrected chi connectivity index (χ3v) is 4.26. The first kappa shape index (κ1) is 16.6. The van der Waals surface area contributed by atoms with Crippen LogP contribution in [0.1, 0.15) is 11.1 Å². The maximum absolute atomic E-state index is 11.2. The van der Waals surface area contributed by atoms with Crippen molar-refractivity contribution in [1.29, 1.82) is 0 Å². The lowest BCUT2D eigenvalue weighted by Gasteiger charge is -2.10. The van der Waals surface area contributed by atoms with E-state index >= 15 is 0 Å². The van der Waals surface area contributed by atoms with E-state index in [1.165, 1.54) is 12.4 Å². The van der Waals surface area contributed by atoms with Crippen molar-refractivity contribution in [1.82, 2.24) is 19.7 Å². The SMILES string of the molecule is O=[N+]([O-])c1ccc(NCc2ccc(Cn3cncn3)cc2)c2ncccc12. The Balaban J connectivity index is 1.50. The van der Waals surface area contributed by atoms with Crippen LogP contribution in [0.5, 0.6) is 0 Å². The van der Waals surface area contributed by atoms with Crippen LogP contribution in [0.15, 0.2) is 67.4 Å². The Kier molecular flexibility index (Phi) is 4.44. The highest BCUT2D eigenvalue weighted by atomic mass is 16.6. The number of nitro benzene ring substituents is 1. The molecule has 0 amide bonds. The Morgan fingerprint density at radius 3 is 2.63 bits per heavy atom. The Morgan fingerprint density at radius 1 is 1.07 bits per heavy atom. The Bertz CT molecular complexity index is 1080. The van der Waals surface area contributed by atoms with Crippen LogP contribution in [-0.2, 0) is 13.1 Å². The fraction of sp³-hybridized carbons (Fsp3) is 0.105. The largest absolute Gasteiger partial charge is 0.379 e. The number of pyridine rings is 1. The van der Waals surface area contributed by atoms with Crippen LogP contribution in [0.4, 0.5) is 11.4 Å². The molecule has 0 atom stereocenters. The van der Waals surface area contributed by atoms with Gasteiger partial charge < -0.3 is 5.32 Å². The molecule has 1 N–H and O–H groups in total. The number of rotatable bonds is 6. The molecule has 0 bridgehead atoms. The molecule has 2 aromatic carbocycles. The minimum absolute atomic E-state index is 0.0566. The number of hydrogen-bond acceptors (Lipinski definition) is 6. The van der Waals surface area contributed by atoms with Crippen molar-refractivity contribution < 1.29 is 4.92 Å². The maximum atomic E-state index is 11.2. The van der Waals surface area contributed by atoms with Crippen molar-refractivity contribution in [3.8, 4) is 0 Å². The van der Waals surface area contributed by atoms with Gasteiger partial charge in [-0.05, 0) is 29.3 Å². The highest BCUT2D eigenvalue weighted by Crippen LogP contribution is 2.29. The number of benzene rings is 2. The van der Waals surface area contributed by atoms with E-state index in [1.807, 2.05) is 24.3 Å². The minimum atomic E-state index is -0.387. The Hall–Kier alpha value is -3.81. The van der Waals surface area contributed by atoms with Gasteiger partial charge in [0.2, 0.25) is 0 Å². The second-order valence-electron chi connectivity index (χ2n) is 6.05. The summed E-state index contributed by atoms with van der Waals surface area (Å²) in [5.74, 6) is 0. The van der Waals surface area contributed by atoms with Crippen LogP contribution in [0.25, 0.3) is 10.9 Å². The molecule has 4 rings (SSSR count). The predicted molar refractivity (Wildman–Crippen MR) is 101 cm³/mol. The van der Waals surface area contributed by atoms with E-state index < -0.39 is 0 Å². The Morgan fingerprint density at radius 2 is 1.89 bits per heavy atom. The van der Waals surface area contributed by atoms with Gasteiger partial charge in [-0.25, -0.2) is 9.67 Å². The summed E-state index contributed by atoms with van der Waals surface area (Å²) >= 11 is 0. The van der Waals surface area contributed by atoms with Crippen LogP contribution in [0.3, 0.4) is 0 Å². The Labute approximate surface area is 154 Å². The molecule has 8 heteroatoms. The molecule has 0 spiro atoms. The van der Waals surface area contributed by atoms with Crippen LogP contribution in [0, 0.1) is 10.1 Å². The lowest BCUT2D eigenvalue weighted by atomic mass is 10.1. The molecule has 2 heterocycles. The van der Waals surface area contributed by atoms with Gasteiger partial charge in [-0.15, -0.1) is 0 Å². The minimum Gasteiger partial charge on any atom is -0.379 e. The van der Waals surface area contributed by atoms with Crippen molar-refractivity contribution in [3.05, 3.63) is 88.6 Å². The molecule has 0 unspecified atom stereocenters. The average molecular weight is 360 g/mol. The molecule has 0 aliphatic rings. The van der Waals surface area contributed by atoms with Gasteiger partial charge in [0.1, 0.15) is 18.2 Å². The van der Waals surface area contributed by atoms with E-state index in [1.54, 1.807) is 35.4 Å². The number of aromatic nitrogens is 4. The topological polar surface area (TPSA) is 98.8 Å². The summed E-state index contributed by atoms with van der Waals surface area (Å²) in [7, 11) is 0. The fourth-order valence-corrected chi connectivity index (χ4v) is 2.92. The van der Waals surface area contributed by atoms with Gasteiger partial charge in [-0.1, -0.05) is 24.3 Å². The third-order valence-electron chi connectivity index (χ3n) is 4.26. The third kappa shape index (κ3) is 3.59. The lowest BCUT2D eigenvalue weighted by molar-refractivity contribution is -0.383. The fourth-order valence-electron chi connectivity index (χ4n) is 2.92. The number of hydrogen-bond donors (Lipinski definition) is 1. The molecular weight excluding hydrogens is 344 g/mol. The number of nitrogens with one attached hydrogen (secondary N) is 1. The van der Waals surface area contributed by atoms with Gasteiger partial charge >= 0.3 is 0 Å². The smallest absolute Gasteiger partial charge is 0.278 e. The zero-order chi connectivity index (χ0) is 18.6. The molecule has 0 aliphatic heterocycles. The van der Waals surface area contributed by atoms with E-state index in [0.29, 0.717) is 24.0 Å². The average Bonchev–Trinajstić information content (AvgIpc) is 3.20. The second-order valence-corrected chi connectivity index (χ2v) is 6.05. The van der Waals surface area contributed by atoms with Crippen LogP contribution >= 0.6 is 0 Å².